The van der Waals surface area contributed by atoms with Gasteiger partial charge in [-0.05, 0) is 24.8 Å². The van der Waals surface area contributed by atoms with E-state index in [0.717, 1.165) is 24.0 Å². The van der Waals surface area contributed by atoms with Gasteiger partial charge in [-0.2, -0.15) is 0 Å². The summed E-state index contributed by atoms with van der Waals surface area (Å²) in [6.07, 6.45) is 4.37. The summed E-state index contributed by atoms with van der Waals surface area (Å²) in [5, 5.41) is 6.62. The standard InChI is InChI=1S/C15H24N4O2.HI/c1-16-15(18-10-12-5-6-12)19-11-13-4-3-7-17-14(13)21-9-8-20-2;/h3-4,7,12H,5-6,8-11H2,1-2H3,(H2,16,18,19);1H. The maximum atomic E-state index is 5.62. The van der Waals surface area contributed by atoms with E-state index in [0.29, 0.717) is 25.6 Å². The van der Waals surface area contributed by atoms with E-state index in [-0.39, 0.29) is 24.0 Å². The third-order valence-electron chi connectivity index (χ3n) is 3.30. The molecule has 1 fully saturated rings. The lowest BCUT2D eigenvalue weighted by molar-refractivity contribution is 0.143. The number of aromatic nitrogens is 1. The Labute approximate surface area is 149 Å². The number of rotatable bonds is 8. The van der Waals surface area contributed by atoms with Crippen molar-refractivity contribution in [3.8, 4) is 5.88 Å². The number of hydrogen-bond donors (Lipinski definition) is 2. The quantitative estimate of drug-likeness (QED) is 0.291. The fraction of sp³-hybridized carbons (Fsp3) is 0.600. The first-order chi connectivity index (χ1) is 10.3. The van der Waals surface area contributed by atoms with Gasteiger partial charge >= 0.3 is 0 Å². The van der Waals surface area contributed by atoms with Crippen LogP contribution in [0.4, 0.5) is 0 Å². The van der Waals surface area contributed by atoms with Gasteiger partial charge in [-0.15, -0.1) is 24.0 Å². The summed E-state index contributed by atoms with van der Waals surface area (Å²) in [5.74, 6) is 2.27. The van der Waals surface area contributed by atoms with Crippen molar-refractivity contribution in [2.24, 2.45) is 10.9 Å². The molecule has 22 heavy (non-hydrogen) atoms. The zero-order chi connectivity index (χ0) is 14.9. The minimum atomic E-state index is 0. The van der Waals surface area contributed by atoms with E-state index in [1.165, 1.54) is 12.8 Å². The van der Waals surface area contributed by atoms with Gasteiger partial charge in [0.15, 0.2) is 5.96 Å². The molecule has 2 rings (SSSR count). The summed E-state index contributed by atoms with van der Waals surface area (Å²) in [6.45, 7) is 2.66. The molecular weight excluding hydrogens is 395 g/mol. The van der Waals surface area contributed by atoms with Crippen molar-refractivity contribution in [1.82, 2.24) is 15.6 Å². The zero-order valence-corrected chi connectivity index (χ0v) is 15.5. The first kappa shape index (κ1) is 19.0. The molecule has 0 aromatic carbocycles. The predicted molar refractivity (Wildman–Crippen MR) is 97.9 cm³/mol. The molecule has 1 saturated carbocycles. The van der Waals surface area contributed by atoms with Gasteiger partial charge in [-0.3, -0.25) is 4.99 Å². The summed E-state index contributed by atoms with van der Waals surface area (Å²) < 4.78 is 10.6. The van der Waals surface area contributed by atoms with Crippen LogP contribution in [0, 0.1) is 5.92 Å². The average molecular weight is 420 g/mol. The van der Waals surface area contributed by atoms with Gasteiger partial charge in [0, 0.05) is 39.0 Å². The number of pyridine rings is 1. The normalized spacial score (nSPS) is 14.2. The molecule has 2 N–H and O–H groups in total. The second kappa shape index (κ2) is 10.6. The number of nitrogens with one attached hydrogen (secondary N) is 2. The van der Waals surface area contributed by atoms with Crippen LogP contribution in [0.15, 0.2) is 23.3 Å². The molecule has 1 aliphatic carbocycles. The number of halogens is 1. The van der Waals surface area contributed by atoms with E-state index in [1.54, 1.807) is 20.4 Å². The SMILES string of the molecule is CN=C(NCc1cccnc1OCCOC)NCC1CC1.I. The van der Waals surface area contributed by atoms with Crippen molar-refractivity contribution in [3.05, 3.63) is 23.9 Å². The molecule has 0 amide bonds. The summed E-state index contributed by atoms with van der Waals surface area (Å²) in [6, 6.07) is 3.90. The van der Waals surface area contributed by atoms with Gasteiger partial charge in [0.05, 0.1) is 6.61 Å². The molecule has 0 aliphatic heterocycles. The summed E-state index contributed by atoms with van der Waals surface area (Å²) in [7, 11) is 3.43. The minimum Gasteiger partial charge on any atom is -0.475 e. The number of ether oxygens (including phenoxy) is 2. The number of nitrogens with zero attached hydrogens (tertiary/aromatic N) is 2. The highest BCUT2D eigenvalue weighted by Crippen LogP contribution is 2.27. The molecular formula is C15H25IN4O2. The highest BCUT2D eigenvalue weighted by atomic mass is 127. The van der Waals surface area contributed by atoms with Crippen molar-refractivity contribution in [2.45, 2.75) is 19.4 Å². The van der Waals surface area contributed by atoms with Crippen molar-refractivity contribution in [1.29, 1.82) is 0 Å². The van der Waals surface area contributed by atoms with E-state index >= 15 is 0 Å². The van der Waals surface area contributed by atoms with Gasteiger partial charge in [0.25, 0.3) is 0 Å². The van der Waals surface area contributed by atoms with Gasteiger partial charge in [0.1, 0.15) is 6.61 Å². The predicted octanol–water partition coefficient (Wildman–Crippen LogP) is 1.80. The average Bonchev–Trinajstić information content (AvgIpc) is 3.33. The molecule has 124 valence electrons. The van der Waals surface area contributed by atoms with Crippen LogP contribution in [0.3, 0.4) is 0 Å². The Kier molecular flexibility index (Phi) is 9.14. The van der Waals surface area contributed by atoms with Crippen molar-refractivity contribution >= 4 is 29.9 Å². The van der Waals surface area contributed by atoms with Crippen LogP contribution in [0.5, 0.6) is 5.88 Å². The molecule has 6 nitrogen and oxygen atoms in total. The Morgan fingerprint density at radius 3 is 2.86 bits per heavy atom. The molecule has 0 radical (unpaired) electrons. The summed E-state index contributed by atoms with van der Waals surface area (Å²) in [4.78, 5) is 8.48. The highest BCUT2D eigenvalue weighted by Gasteiger charge is 2.21. The maximum Gasteiger partial charge on any atom is 0.218 e. The van der Waals surface area contributed by atoms with Crippen molar-refractivity contribution < 1.29 is 9.47 Å². The Morgan fingerprint density at radius 1 is 1.36 bits per heavy atom. The lowest BCUT2D eigenvalue weighted by atomic mass is 10.2. The lowest BCUT2D eigenvalue weighted by Crippen LogP contribution is -2.38. The fourth-order valence-electron chi connectivity index (χ4n) is 1.87. The summed E-state index contributed by atoms with van der Waals surface area (Å²) in [5.41, 5.74) is 1.00. The van der Waals surface area contributed by atoms with Crippen LogP contribution in [0.2, 0.25) is 0 Å². The first-order valence-corrected chi connectivity index (χ1v) is 7.33. The number of methoxy groups -OCH3 is 1. The van der Waals surface area contributed by atoms with E-state index in [1.807, 2.05) is 12.1 Å². The third kappa shape index (κ3) is 6.78. The Balaban J connectivity index is 0.00000242. The molecule has 0 spiro atoms. The third-order valence-corrected chi connectivity index (χ3v) is 3.30. The fourth-order valence-corrected chi connectivity index (χ4v) is 1.87. The van der Waals surface area contributed by atoms with E-state index in [2.05, 4.69) is 20.6 Å². The van der Waals surface area contributed by atoms with Crippen LogP contribution in [0.1, 0.15) is 18.4 Å². The number of guanidine groups is 1. The maximum absolute atomic E-state index is 5.62. The zero-order valence-electron chi connectivity index (χ0n) is 13.2. The molecule has 0 saturated heterocycles. The van der Waals surface area contributed by atoms with Gasteiger partial charge < -0.3 is 20.1 Å². The van der Waals surface area contributed by atoms with Crippen LogP contribution in [-0.2, 0) is 11.3 Å². The van der Waals surface area contributed by atoms with Crippen LogP contribution < -0.4 is 15.4 Å². The van der Waals surface area contributed by atoms with Gasteiger partial charge in [-0.1, -0.05) is 6.07 Å². The summed E-state index contributed by atoms with van der Waals surface area (Å²) >= 11 is 0. The second-order valence-electron chi connectivity index (χ2n) is 5.06. The lowest BCUT2D eigenvalue weighted by Gasteiger charge is -2.13. The Hall–Kier alpha value is -1.09. The molecule has 7 heteroatoms. The van der Waals surface area contributed by atoms with Crippen LogP contribution in [-0.4, -0.2) is 44.9 Å². The highest BCUT2D eigenvalue weighted by molar-refractivity contribution is 14.0. The number of aliphatic imine (C=N–C) groups is 1. The second-order valence-corrected chi connectivity index (χ2v) is 5.06. The largest absolute Gasteiger partial charge is 0.475 e. The smallest absolute Gasteiger partial charge is 0.218 e. The van der Waals surface area contributed by atoms with Crippen LogP contribution in [0.25, 0.3) is 0 Å². The molecule has 1 heterocycles. The molecule has 0 atom stereocenters. The van der Waals surface area contributed by atoms with E-state index in [4.69, 9.17) is 9.47 Å². The van der Waals surface area contributed by atoms with Crippen molar-refractivity contribution in [2.75, 3.05) is 33.9 Å². The topological polar surface area (TPSA) is 67.8 Å². The van der Waals surface area contributed by atoms with Crippen molar-refractivity contribution in [3.63, 3.8) is 0 Å². The number of hydrogen-bond acceptors (Lipinski definition) is 4. The van der Waals surface area contributed by atoms with Gasteiger partial charge in [0.2, 0.25) is 5.88 Å². The minimum absolute atomic E-state index is 0. The van der Waals surface area contributed by atoms with E-state index in [9.17, 15) is 0 Å². The Morgan fingerprint density at radius 2 is 2.18 bits per heavy atom. The van der Waals surface area contributed by atoms with E-state index < -0.39 is 0 Å². The molecule has 1 aliphatic rings. The first-order valence-electron chi connectivity index (χ1n) is 7.33. The van der Waals surface area contributed by atoms with Gasteiger partial charge in [-0.25, -0.2) is 4.98 Å². The van der Waals surface area contributed by atoms with Crippen LogP contribution >= 0.6 is 24.0 Å². The monoisotopic (exact) mass is 420 g/mol. The molecule has 1 aromatic heterocycles. The molecule has 0 bridgehead atoms. The Bertz CT molecular complexity index is 467. The molecule has 1 aromatic rings. The molecule has 0 unspecified atom stereocenters.